The van der Waals surface area contributed by atoms with Gasteiger partial charge in [-0.2, -0.15) is 0 Å². The molecule has 1 spiro atoms. The van der Waals surface area contributed by atoms with Crippen molar-refractivity contribution >= 4 is 17.5 Å². The lowest BCUT2D eigenvalue weighted by Gasteiger charge is -2.32. The number of carbonyl (C=O) groups excluding carboxylic acids is 3. The molecular weight excluding hydrogens is 300 g/mol. The van der Waals surface area contributed by atoms with Crippen LogP contribution in [-0.4, -0.2) is 27.7 Å². The molecule has 0 fully saturated rings. The van der Waals surface area contributed by atoms with Gasteiger partial charge in [-0.25, -0.2) is 0 Å². The van der Waals surface area contributed by atoms with E-state index in [9.17, 15) is 24.6 Å². The molecule has 0 radical (unpaired) electrons. The highest BCUT2D eigenvalue weighted by Crippen LogP contribution is 2.47. The third-order valence-electron chi connectivity index (χ3n) is 4.24. The summed E-state index contributed by atoms with van der Waals surface area (Å²) in [5, 5.41) is 19.4. The van der Waals surface area contributed by atoms with Crippen LogP contribution in [0.4, 0.5) is 0 Å². The Hall–Kier alpha value is -3.15. The molecule has 1 aliphatic carbocycles. The number of carbonyl (C=O) groups is 3. The van der Waals surface area contributed by atoms with E-state index in [1.165, 1.54) is 18.2 Å². The predicted molar refractivity (Wildman–Crippen MR) is 76.3 cm³/mol. The number of phenols is 2. The summed E-state index contributed by atoms with van der Waals surface area (Å²) in [6.07, 6.45) is -0.193. The molecule has 0 bridgehead atoms. The van der Waals surface area contributed by atoms with Gasteiger partial charge in [-0.1, -0.05) is 24.3 Å². The first-order chi connectivity index (χ1) is 10.9. The highest BCUT2D eigenvalue weighted by molar-refractivity contribution is 6.33. The summed E-state index contributed by atoms with van der Waals surface area (Å²) in [6.45, 7) is 0. The molecule has 2 aromatic rings. The molecule has 6 nitrogen and oxygen atoms in total. The van der Waals surface area contributed by atoms with Gasteiger partial charge in [-0.05, 0) is 17.7 Å². The Morgan fingerprint density at radius 1 is 0.913 bits per heavy atom. The second-order valence-corrected chi connectivity index (χ2v) is 5.53. The number of hydrogen-bond acceptors (Lipinski definition) is 6. The van der Waals surface area contributed by atoms with Crippen LogP contribution in [0, 0.1) is 0 Å². The predicted octanol–water partition coefficient (Wildman–Crippen LogP) is 1.47. The lowest BCUT2D eigenvalue weighted by atomic mass is 9.82. The summed E-state index contributed by atoms with van der Waals surface area (Å²) in [5.41, 5.74) is -1.39. The number of rotatable bonds is 0. The first-order valence-corrected chi connectivity index (χ1v) is 6.91. The van der Waals surface area contributed by atoms with Gasteiger partial charge in [0.2, 0.25) is 11.6 Å². The number of fused-ring (bicyclic) bond motifs is 3. The van der Waals surface area contributed by atoms with Gasteiger partial charge in [-0.15, -0.1) is 0 Å². The van der Waals surface area contributed by atoms with Gasteiger partial charge in [0.05, 0.1) is 6.42 Å². The van der Waals surface area contributed by atoms with Gasteiger partial charge in [0.25, 0.3) is 5.60 Å². The largest absolute Gasteiger partial charge is 0.504 e. The van der Waals surface area contributed by atoms with Crippen molar-refractivity contribution in [3.8, 4) is 11.5 Å². The Morgan fingerprint density at radius 3 is 2.09 bits per heavy atom. The minimum absolute atomic E-state index is 0.0959. The van der Waals surface area contributed by atoms with Gasteiger partial charge in [0.15, 0.2) is 11.5 Å². The summed E-state index contributed by atoms with van der Waals surface area (Å²) < 4.78 is 5.23. The van der Waals surface area contributed by atoms with Gasteiger partial charge in [0, 0.05) is 16.7 Å². The van der Waals surface area contributed by atoms with E-state index in [0.29, 0.717) is 0 Å². The van der Waals surface area contributed by atoms with Gasteiger partial charge in [-0.3, -0.25) is 14.4 Å². The van der Waals surface area contributed by atoms with Crippen LogP contribution in [0.25, 0.3) is 0 Å². The Kier molecular flexibility index (Phi) is 2.46. The fraction of sp³-hybridized carbons (Fsp3) is 0.118. The van der Waals surface area contributed by atoms with Crippen molar-refractivity contribution in [3.63, 3.8) is 0 Å². The molecule has 0 unspecified atom stereocenters. The van der Waals surface area contributed by atoms with Crippen LogP contribution in [0.3, 0.4) is 0 Å². The SMILES string of the molecule is O=C1Cc2cc(O)c(O)cc2C2(O1)C(=O)c1ccccc1C2=O. The lowest BCUT2D eigenvalue weighted by Crippen LogP contribution is -2.47. The van der Waals surface area contributed by atoms with Crippen LogP contribution < -0.4 is 0 Å². The summed E-state index contributed by atoms with van der Waals surface area (Å²) in [5.74, 6) is -2.94. The maximum absolute atomic E-state index is 12.8. The fourth-order valence-corrected chi connectivity index (χ4v) is 3.21. The van der Waals surface area contributed by atoms with Crippen LogP contribution in [0.2, 0.25) is 0 Å². The van der Waals surface area contributed by atoms with Crippen LogP contribution in [0.15, 0.2) is 36.4 Å². The molecule has 1 heterocycles. The molecule has 0 saturated carbocycles. The van der Waals surface area contributed by atoms with Crippen LogP contribution >= 0.6 is 0 Å². The molecule has 0 aromatic heterocycles. The zero-order valence-corrected chi connectivity index (χ0v) is 11.7. The van der Waals surface area contributed by atoms with E-state index < -0.39 is 34.6 Å². The molecule has 23 heavy (non-hydrogen) atoms. The zero-order chi connectivity index (χ0) is 16.4. The maximum atomic E-state index is 12.8. The molecule has 0 amide bonds. The van der Waals surface area contributed by atoms with Crippen molar-refractivity contribution in [1.29, 1.82) is 0 Å². The Labute approximate surface area is 129 Å². The number of phenolic OH excluding ortho intramolecular Hbond substituents is 2. The summed E-state index contributed by atoms with van der Waals surface area (Å²) in [7, 11) is 0. The smallest absolute Gasteiger partial charge is 0.312 e. The van der Waals surface area contributed by atoms with Gasteiger partial charge in [0.1, 0.15) is 0 Å². The summed E-state index contributed by atoms with van der Waals surface area (Å²) >= 11 is 0. The van der Waals surface area contributed by atoms with E-state index >= 15 is 0 Å². The van der Waals surface area contributed by atoms with Crippen molar-refractivity contribution in [3.05, 3.63) is 58.7 Å². The molecule has 4 rings (SSSR count). The highest BCUT2D eigenvalue weighted by Gasteiger charge is 2.60. The van der Waals surface area contributed by atoms with Gasteiger partial charge >= 0.3 is 5.97 Å². The number of ketones is 2. The minimum Gasteiger partial charge on any atom is -0.504 e. The average molecular weight is 310 g/mol. The lowest BCUT2D eigenvalue weighted by molar-refractivity contribution is -0.153. The normalized spacial score (nSPS) is 17.8. The first-order valence-electron chi connectivity index (χ1n) is 6.91. The van der Waals surface area contributed by atoms with Gasteiger partial charge < -0.3 is 14.9 Å². The van der Waals surface area contributed by atoms with E-state index in [2.05, 4.69) is 0 Å². The van der Waals surface area contributed by atoms with E-state index in [0.717, 1.165) is 6.07 Å². The van der Waals surface area contributed by atoms with Crippen LogP contribution in [0.5, 0.6) is 11.5 Å². The molecule has 114 valence electrons. The standard InChI is InChI=1S/C17H10O6/c18-12-5-8-6-14(20)23-17(11(8)7-13(12)19)15(21)9-3-1-2-4-10(9)16(17)22/h1-5,7,18-19H,6H2. The topological polar surface area (TPSA) is 101 Å². The molecule has 1 aliphatic heterocycles. The Balaban J connectivity index is 2.05. The second-order valence-electron chi connectivity index (χ2n) is 5.53. The molecule has 2 aromatic carbocycles. The summed E-state index contributed by atoms with van der Waals surface area (Å²) in [4.78, 5) is 37.6. The van der Waals surface area contributed by atoms with Crippen molar-refractivity contribution in [2.75, 3.05) is 0 Å². The average Bonchev–Trinajstić information content (AvgIpc) is 2.73. The number of aromatic hydroxyl groups is 2. The Morgan fingerprint density at radius 2 is 1.48 bits per heavy atom. The first kappa shape index (κ1) is 13.5. The molecule has 0 atom stereocenters. The van der Waals surface area contributed by atoms with E-state index in [1.54, 1.807) is 12.1 Å². The van der Waals surface area contributed by atoms with E-state index in [1.807, 2.05) is 0 Å². The molecule has 0 saturated heterocycles. The second kappa shape index (κ2) is 4.19. The van der Waals surface area contributed by atoms with Crippen LogP contribution in [-0.2, 0) is 21.6 Å². The summed E-state index contributed by atoms with van der Waals surface area (Å²) in [6, 6.07) is 8.50. The number of benzene rings is 2. The fourth-order valence-electron chi connectivity index (χ4n) is 3.21. The number of hydrogen-bond donors (Lipinski definition) is 2. The third-order valence-corrected chi connectivity index (χ3v) is 4.24. The van der Waals surface area contributed by atoms with Crippen molar-refractivity contribution in [1.82, 2.24) is 0 Å². The number of esters is 1. The molecular formula is C17H10O6. The van der Waals surface area contributed by atoms with E-state index in [-0.39, 0.29) is 28.7 Å². The van der Waals surface area contributed by atoms with Crippen LogP contribution in [0.1, 0.15) is 31.8 Å². The minimum atomic E-state index is -2.11. The van der Waals surface area contributed by atoms with Crippen molar-refractivity contribution in [2.24, 2.45) is 0 Å². The van der Waals surface area contributed by atoms with E-state index in [4.69, 9.17) is 4.74 Å². The Bertz CT molecular complexity index is 876. The monoisotopic (exact) mass is 310 g/mol. The highest BCUT2D eigenvalue weighted by atomic mass is 16.6. The number of Topliss-reactive ketones (excluding diaryl/α,β-unsaturated/α-hetero) is 2. The quantitative estimate of drug-likeness (QED) is 0.434. The maximum Gasteiger partial charge on any atom is 0.312 e. The van der Waals surface area contributed by atoms with Crippen molar-refractivity contribution < 1.29 is 29.3 Å². The molecule has 6 heteroatoms. The molecule has 2 aliphatic rings. The molecule has 2 N–H and O–H groups in total. The number of ether oxygens (including phenoxy) is 1. The van der Waals surface area contributed by atoms with Crippen molar-refractivity contribution in [2.45, 2.75) is 12.0 Å². The third kappa shape index (κ3) is 1.55. The zero-order valence-electron chi connectivity index (χ0n) is 11.7.